The normalized spacial score (nSPS) is 11.0. The summed E-state index contributed by atoms with van der Waals surface area (Å²) in [4.78, 5) is 2.44. The summed E-state index contributed by atoms with van der Waals surface area (Å²) in [5.74, 6) is 1.04. The maximum absolute atomic E-state index is 5.44. The second-order valence-corrected chi connectivity index (χ2v) is 4.63. The Balaban J connectivity index is 1.96. The monoisotopic (exact) mass is 243 g/mol. The van der Waals surface area contributed by atoms with Crippen LogP contribution in [0.15, 0.2) is 53.1 Å². The van der Waals surface area contributed by atoms with Crippen molar-refractivity contribution in [1.29, 1.82) is 0 Å². The highest BCUT2D eigenvalue weighted by Crippen LogP contribution is 2.11. The van der Waals surface area contributed by atoms with Crippen molar-refractivity contribution in [2.24, 2.45) is 0 Å². The Morgan fingerprint density at radius 1 is 1.00 bits per heavy atom. The van der Waals surface area contributed by atoms with Crippen LogP contribution in [-0.2, 0) is 13.1 Å². The molecule has 2 heteroatoms. The topological polar surface area (TPSA) is 16.4 Å². The molecular formula is C16H21NO. The number of nitrogens with zero attached hydrogens (tertiary/aromatic N) is 1. The minimum absolute atomic E-state index is 0.891. The first-order valence-electron chi connectivity index (χ1n) is 6.67. The zero-order valence-corrected chi connectivity index (χ0v) is 11.0. The molecule has 0 saturated carbocycles. The molecular weight excluding hydrogens is 222 g/mol. The molecule has 2 aromatic rings. The summed E-state index contributed by atoms with van der Waals surface area (Å²) in [5.41, 5.74) is 1.36. The first-order chi connectivity index (χ1) is 8.88. The quantitative estimate of drug-likeness (QED) is 0.728. The van der Waals surface area contributed by atoms with E-state index in [1.54, 1.807) is 6.26 Å². The molecule has 0 fully saturated rings. The van der Waals surface area contributed by atoms with Gasteiger partial charge in [0.2, 0.25) is 0 Å². The molecule has 0 N–H and O–H groups in total. The number of furan rings is 1. The predicted molar refractivity (Wildman–Crippen MR) is 74.2 cm³/mol. The summed E-state index contributed by atoms with van der Waals surface area (Å²) in [6, 6.07) is 14.6. The fourth-order valence-corrected chi connectivity index (χ4v) is 2.06. The summed E-state index contributed by atoms with van der Waals surface area (Å²) in [6.07, 6.45) is 4.20. The van der Waals surface area contributed by atoms with Crippen LogP contribution in [0.25, 0.3) is 0 Å². The van der Waals surface area contributed by atoms with Gasteiger partial charge in [-0.15, -0.1) is 0 Å². The average Bonchev–Trinajstić information content (AvgIpc) is 2.90. The lowest BCUT2D eigenvalue weighted by Gasteiger charge is -2.21. The Bertz CT molecular complexity index is 422. The number of benzene rings is 1. The van der Waals surface area contributed by atoms with Crippen molar-refractivity contribution < 1.29 is 4.42 Å². The van der Waals surface area contributed by atoms with E-state index < -0.39 is 0 Å². The average molecular weight is 243 g/mol. The van der Waals surface area contributed by atoms with Gasteiger partial charge in [-0.3, -0.25) is 4.90 Å². The van der Waals surface area contributed by atoms with E-state index in [2.05, 4.69) is 42.2 Å². The van der Waals surface area contributed by atoms with Gasteiger partial charge in [-0.1, -0.05) is 43.7 Å². The standard InChI is InChI=1S/C16H21NO/c1-2-3-11-17(14-16-10-7-12-18-16)13-15-8-5-4-6-9-15/h4-10,12H,2-3,11,13-14H2,1H3. The van der Waals surface area contributed by atoms with Crippen LogP contribution < -0.4 is 0 Å². The third kappa shape index (κ3) is 4.04. The van der Waals surface area contributed by atoms with Crippen LogP contribution in [0.2, 0.25) is 0 Å². The van der Waals surface area contributed by atoms with Crippen molar-refractivity contribution >= 4 is 0 Å². The lowest BCUT2D eigenvalue weighted by molar-refractivity contribution is 0.232. The number of hydrogen-bond acceptors (Lipinski definition) is 2. The van der Waals surface area contributed by atoms with Crippen molar-refractivity contribution in [2.45, 2.75) is 32.9 Å². The first-order valence-corrected chi connectivity index (χ1v) is 6.67. The van der Waals surface area contributed by atoms with Gasteiger partial charge >= 0.3 is 0 Å². The van der Waals surface area contributed by atoms with Crippen molar-refractivity contribution in [3.05, 3.63) is 60.1 Å². The molecule has 2 rings (SSSR count). The van der Waals surface area contributed by atoms with Crippen LogP contribution in [0.4, 0.5) is 0 Å². The van der Waals surface area contributed by atoms with Gasteiger partial charge < -0.3 is 4.42 Å². The third-order valence-corrected chi connectivity index (χ3v) is 3.04. The van der Waals surface area contributed by atoms with E-state index in [9.17, 15) is 0 Å². The van der Waals surface area contributed by atoms with E-state index in [1.165, 1.54) is 18.4 Å². The van der Waals surface area contributed by atoms with Crippen molar-refractivity contribution in [1.82, 2.24) is 4.90 Å². The van der Waals surface area contributed by atoms with Gasteiger partial charge in [-0.05, 0) is 30.7 Å². The number of rotatable bonds is 7. The van der Waals surface area contributed by atoms with E-state index in [0.29, 0.717) is 0 Å². The summed E-state index contributed by atoms with van der Waals surface area (Å²) in [7, 11) is 0. The zero-order valence-electron chi connectivity index (χ0n) is 11.0. The molecule has 0 amide bonds. The van der Waals surface area contributed by atoms with Crippen LogP contribution in [-0.4, -0.2) is 11.4 Å². The third-order valence-electron chi connectivity index (χ3n) is 3.04. The molecule has 0 aliphatic carbocycles. The Morgan fingerprint density at radius 3 is 2.50 bits per heavy atom. The highest BCUT2D eigenvalue weighted by molar-refractivity contribution is 5.14. The van der Waals surface area contributed by atoms with Crippen LogP contribution in [0.1, 0.15) is 31.1 Å². The largest absolute Gasteiger partial charge is 0.468 e. The van der Waals surface area contributed by atoms with Gasteiger partial charge in [0.15, 0.2) is 0 Å². The lowest BCUT2D eigenvalue weighted by atomic mass is 10.2. The van der Waals surface area contributed by atoms with Crippen LogP contribution in [0.5, 0.6) is 0 Å². The van der Waals surface area contributed by atoms with E-state index in [-0.39, 0.29) is 0 Å². The minimum Gasteiger partial charge on any atom is -0.468 e. The summed E-state index contributed by atoms with van der Waals surface area (Å²) in [6.45, 7) is 5.23. The predicted octanol–water partition coefficient (Wildman–Crippen LogP) is 4.08. The molecule has 0 bridgehead atoms. The summed E-state index contributed by atoms with van der Waals surface area (Å²) in [5, 5.41) is 0. The van der Waals surface area contributed by atoms with Gasteiger partial charge in [-0.25, -0.2) is 0 Å². The van der Waals surface area contributed by atoms with Gasteiger partial charge in [-0.2, -0.15) is 0 Å². The second kappa shape index (κ2) is 7.02. The molecule has 0 spiro atoms. The van der Waals surface area contributed by atoms with E-state index in [4.69, 9.17) is 4.42 Å². The van der Waals surface area contributed by atoms with E-state index in [1.807, 2.05) is 12.1 Å². The zero-order chi connectivity index (χ0) is 12.6. The second-order valence-electron chi connectivity index (χ2n) is 4.63. The Kier molecular flexibility index (Phi) is 5.03. The molecule has 0 aliphatic heterocycles. The molecule has 0 saturated heterocycles. The molecule has 0 radical (unpaired) electrons. The van der Waals surface area contributed by atoms with Gasteiger partial charge in [0.1, 0.15) is 5.76 Å². The highest BCUT2D eigenvalue weighted by atomic mass is 16.3. The van der Waals surface area contributed by atoms with Crippen molar-refractivity contribution in [3.8, 4) is 0 Å². The van der Waals surface area contributed by atoms with Crippen LogP contribution >= 0.6 is 0 Å². The SMILES string of the molecule is CCCCN(Cc1ccccc1)Cc1ccco1. The van der Waals surface area contributed by atoms with Crippen LogP contribution in [0.3, 0.4) is 0 Å². The lowest BCUT2D eigenvalue weighted by Crippen LogP contribution is -2.23. The molecule has 0 unspecified atom stereocenters. The fourth-order valence-electron chi connectivity index (χ4n) is 2.06. The molecule has 18 heavy (non-hydrogen) atoms. The number of unbranched alkanes of at least 4 members (excludes halogenated alkanes) is 1. The molecule has 1 heterocycles. The van der Waals surface area contributed by atoms with Crippen molar-refractivity contribution in [3.63, 3.8) is 0 Å². The Morgan fingerprint density at radius 2 is 1.83 bits per heavy atom. The van der Waals surface area contributed by atoms with Gasteiger partial charge in [0.25, 0.3) is 0 Å². The Hall–Kier alpha value is -1.54. The molecule has 0 atom stereocenters. The Labute approximate surface area is 109 Å². The molecule has 2 nitrogen and oxygen atoms in total. The molecule has 1 aromatic carbocycles. The maximum Gasteiger partial charge on any atom is 0.117 e. The fraction of sp³-hybridized carbons (Fsp3) is 0.375. The van der Waals surface area contributed by atoms with Gasteiger partial charge in [0.05, 0.1) is 12.8 Å². The molecule has 1 aromatic heterocycles. The molecule has 0 aliphatic rings. The summed E-state index contributed by atoms with van der Waals surface area (Å²) < 4.78 is 5.44. The maximum atomic E-state index is 5.44. The minimum atomic E-state index is 0.891. The molecule has 96 valence electrons. The van der Waals surface area contributed by atoms with Crippen LogP contribution in [0, 0.1) is 0 Å². The summed E-state index contributed by atoms with van der Waals surface area (Å²) >= 11 is 0. The highest BCUT2D eigenvalue weighted by Gasteiger charge is 2.08. The number of hydrogen-bond donors (Lipinski definition) is 0. The van der Waals surface area contributed by atoms with E-state index >= 15 is 0 Å². The van der Waals surface area contributed by atoms with Crippen molar-refractivity contribution in [2.75, 3.05) is 6.54 Å². The first kappa shape index (κ1) is 12.9. The van der Waals surface area contributed by atoms with Gasteiger partial charge in [0, 0.05) is 6.54 Å². The van der Waals surface area contributed by atoms with E-state index in [0.717, 1.165) is 25.4 Å². The smallest absolute Gasteiger partial charge is 0.117 e.